The second-order valence-corrected chi connectivity index (χ2v) is 5.42. The molecule has 0 aliphatic heterocycles. The third-order valence-electron chi connectivity index (χ3n) is 2.42. The van der Waals surface area contributed by atoms with Gasteiger partial charge in [0.25, 0.3) is 0 Å². The highest BCUT2D eigenvalue weighted by atomic mass is 127. The van der Waals surface area contributed by atoms with E-state index in [0.717, 1.165) is 16.9 Å². The molecule has 1 aromatic carbocycles. The number of aryl methyl sites for hydroxylation is 1. The number of hydrogen-bond donors (Lipinski definition) is 0. The van der Waals surface area contributed by atoms with Gasteiger partial charge in [-0.3, -0.25) is 0 Å². The molecule has 0 aliphatic rings. The van der Waals surface area contributed by atoms with Gasteiger partial charge in [-0.2, -0.15) is 0 Å². The molecule has 3 nitrogen and oxygen atoms in total. The number of rotatable bonds is 2. The number of methoxy groups -OCH3 is 1. The molecule has 0 atom stereocenters. The maximum absolute atomic E-state index is 6.00. The third-order valence-corrected chi connectivity index (χ3v) is 4.63. The van der Waals surface area contributed by atoms with Gasteiger partial charge in [0.05, 0.1) is 10.7 Å². The Morgan fingerprint density at radius 3 is 2.28 bits per heavy atom. The van der Waals surface area contributed by atoms with Crippen molar-refractivity contribution in [1.82, 2.24) is 9.97 Å². The van der Waals surface area contributed by atoms with Crippen LogP contribution >= 0.6 is 45.8 Å². The van der Waals surface area contributed by atoms with E-state index in [1.807, 2.05) is 47.7 Å². The summed E-state index contributed by atoms with van der Waals surface area (Å²) in [5.41, 5.74) is 1.86. The SMILES string of the molecule is COc1ccc(-c2nc(Cl)c(I)c(Cl)n2)cc1C. The molecule has 0 saturated carbocycles. The van der Waals surface area contributed by atoms with Crippen molar-refractivity contribution in [2.45, 2.75) is 6.92 Å². The molecule has 94 valence electrons. The lowest BCUT2D eigenvalue weighted by atomic mass is 10.1. The standard InChI is InChI=1S/C12H9Cl2IN2O/c1-6-5-7(3-4-8(6)18-2)12-16-10(13)9(15)11(14)17-12/h3-5H,1-2H3. The van der Waals surface area contributed by atoms with Gasteiger partial charge >= 0.3 is 0 Å². The van der Waals surface area contributed by atoms with E-state index in [1.165, 1.54) is 0 Å². The normalized spacial score (nSPS) is 10.5. The van der Waals surface area contributed by atoms with Gasteiger partial charge in [-0.05, 0) is 53.3 Å². The zero-order valence-electron chi connectivity index (χ0n) is 9.67. The number of halogens is 3. The number of ether oxygens (including phenoxy) is 1. The van der Waals surface area contributed by atoms with Crippen LogP contribution in [-0.2, 0) is 0 Å². The summed E-state index contributed by atoms with van der Waals surface area (Å²) in [4.78, 5) is 8.44. The van der Waals surface area contributed by atoms with Gasteiger partial charge in [0.15, 0.2) is 5.82 Å². The lowest BCUT2D eigenvalue weighted by molar-refractivity contribution is 0.412. The van der Waals surface area contributed by atoms with Gasteiger partial charge in [-0.25, -0.2) is 9.97 Å². The number of benzene rings is 1. The van der Waals surface area contributed by atoms with Crippen molar-refractivity contribution in [2.75, 3.05) is 7.11 Å². The van der Waals surface area contributed by atoms with Crippen LogP contribution in [0.25, 0.3) is 11.4 Å². The summed E-state index contributed by atoms with van der Waals surface area (Å²) < 4.78 is 5.87. The molecule has 0 bridgehead atoms. The van der Waals surface area contributed by atoms with Gasteiger partial charge in [-0.1, -0.05) is 23.2 Å². The van der Waals surface area contributed by atoms with E-state index in [4.69, 9.17) is 27.9 Å². The fourth-order valence-corrected chi connectivity index (χ4v) is 2.17. The molecule has 18 heavy (non-hydrogen) atoms. The van der Waals surface area contributed by atoms with Crippen LogP contribution in [0.5, 0.6) is 5.75 Å². The lowest BCUT2D eigenvalue weighted by Crippen LogP contribution is -1.95. The Bertz CT molecular complexity index is 582. The van der Waals surface area contributed by atoms with Gasteiger partial charge in [0.2, 0.25) is 0 Å². The minimum absolute atomic E-state index is 0.360. The molecule has 0 aliphatic carbocycles. The summed E-state index contributed by atoms with van der Waals surface area (Å²) in [5, 5.41) is 0.721. The fraction of sp³-hybridized carbons (Fsp3) is 0.167. The Morgan fingerprint density at radius 1 is 1.17 bits per heavy atom. The van der Waals surface area contributed by atoms with Crippen LogP contribution in [0.2, 0.25) is 10.3 Å². The summed E-state index contributed by atoms with van der Waals surface area (Å²) in [6, 6.07) is 5.68. The minimum atomic E-state index is 0.360. The van der Waals surface area contributed by atoms with Crippen LogP contribution < -0.4 is 4.74 Å². The lowest BCUT2D eigenvalue weighted by Gasteiger charge is -2.07. The highest BCUT2D eigenvalue weighted by molar-refractivity contribution is 14.1. The van der Waals surface area contributed by atoms with Gasteiger partial charge in [0.1, 0.15) is 16.1 Å². The van der Waals surface area contributed by atoms with E-state index < -0.39 is 0 Å². The molecule has 6 heteroatoms. The maximum Gasteiger partial charge on any atom is 0.162 e. The van der Waals surface area contributed by atoms with Crippen molar-refractivity contribution in [1.29, 1.82) is 0 Å². The average molecular weight is 395 g/mol. The first-order chi connectivity index (χ1) is 8.52. The molecular formula is C12H9Cl2IN2O. The number of hydrogen-bond acceptors (Lipinski definition) is 3. The summed E-state index contributed by atoms with van der Waals surface area (Å²) in [6.45, 7) is 1.96. The van der Waals surface area contributed by atoms with E-state index >= 15 is 0 Å². The largest absolute Gasteiger partial charge is 0.496 e. The summed E-state index contributed by atoms with van der Waals surface area (Å²) in [5.74, 6) is 1.33. The number of aromatic nitrogens is 2. The fourth-order valence-electron chi connectivity index (χ4n) is 1.54. The van der Waals surface area contributed by atoms with E-state index in [-0.39, 0.29) is 0 Å². The Labute approximate surface area is 129 Å². The van der Waals surface area contributed by atoms with Crippen molar-refractivity contribution in [3.63, 3.8) is 0 Å². The monoisotopic (exact) mass is 394 g/mol. The van der Waals surface area contributed by atoms with E-state index in [0.29, 0.717) is 19.7 Å². The Hall–Kier alpha value is -0.590. The van der Waals surface area contributed by atoms with E-state index in [9.17, 15) is 0 Å². The maximum atomic E-state index is 6.00. The zero-order valence-corrected chi connectivity index (χ0v) is 13.3. The minimum Gasteiger partial charge on any atom is -0.496 e. The first kappa shape index (κ1) is 13.8. The molecule has 0 N–H and O–H groups in total. The molecule has 2 aromatic rings. The Balaban J connectivity index is 2.52. The highest BCUT2D eigenvalue weighted by Gasteiger charge is 2.11. The van der Waals surface area contributed by atoms with Crippen LogP contribution in [0.4, 0.5) is 0 Å². The van der Waals surface area contributed by atoms with Crippen LogP contribution in [0.3, 0.4) is 0 Å². The number of nitrogens with zero attached hydrogens (tertiary/aromatic N) is 2. The summed E-state index contributed by atoms with van der Waals surface area (Å²) >= 11 is 14.0. The molecule has 2 rings (SSSR count). The van der Waals surface area contributed by atoms with Crippen LogP contribution in [-0.4, -0.2) is 17.1 Å². The second kappa shape index (κ2) is 5.59. The van der Waals surface area contributed by atoms with Gasteiger partial charge < -0.3 is 4.74 Å². The van der Waals surface area contributed by atoms with Crippen molar-refractivity contribution >= 4 is 45.8 Å². The van der Waals surface area contributed by atoms with Gasteiger partial charge in [0, 0.05) is 5.56 Å². The highest BCUT2D eigenvalue weighted by Crippen LogP contribution is 2.28. The van der Waals surface area contributed by atoms with Crippen molar-refractivity contribution < 1.29 is 4.74 Å². The molecule has 0 radical (unpaired) electrons. The Morgan fingerprint density at radius 2 is 1.78 bits per heavy atom. The molecule has 0 fully saturated rings. The predicted molar refractivity (Wildman–Crippen MR) is 81.5 cm³/mol. The second-order valence-electron chi connectivity index (χ2n) is 3.63. The van der Waals surface area contributed by atoms with Crippen molar-refractivity contribution in [3.8, 4) is 17.1 Å². The summed E-state index contributed by atoms with van der Waals surface area (Å²) in [6.07, 6.45) is 0. The Kier molecular flexibility index (Phi) is 4.29. The first-order valence-corrected chi connectivity index (χ1v) is 6.90. The van der Waals surface area contributed by atoms with Crippen LogP contribution in [0.15, 0.2) is 18.2 Å². The first-order valence-electron chi connectivity index (χ1n) is 5.06. The molecule has 1 aromatic heterocycles. The molecule has 0 amide bonds. The molecule has 0 spiro atoms. The molecule has 0 saturated heterocycles. The zero-order chi connectivity index (χ0) is 13.3. The van der Waals surface area contributed by atoms with Crippen molar-refractivity contribution in [3.05, 3.63) is 37.6 Å². The molecule has 1 heterocycles. The molecular weight excluding hydrogens is 386 g/mol. The molecule has 0 unspecified atom stereocenters. The van der Waals surface area contributed by atoms with E-state index in [1.54, 1.807) is 7.11 Å². The predicted octanol–water partition coefficient (Wildman–Crippen LogP) is 4.37. The van der Waals surface area contributed by atoms with Gasteiger partial charge in [-0.15, -0.1) is 0 Å². The van der Waals surface area contributed by atoms with Crippen LogP contribution in [0, 0.1) is 10.5 Å². The quantitative estimate of drug-likeness (QED) is 0.560. The third kappa shape index (κ3) is 2.70. The topological polar surface area (TPSA) is 35.0 Å². The smallest absolute Gasteiger partial charge is 0.162 e. The van der Waals surface area contributed by atoms with Crippen LogP contribution in [0.1, 0.15) is 5.56 Å². The average Bonchev–Trinajstić information content (AvgIpc) is 2.35. The van der Waals surface area contributed by atoms with Crippen molar-refractivity contribution in [2.24, 2.45) is 0 Å². The summed E-state index contributed by atoms with van der Waals surface area (Å²) in [7, 11) is 1.64. The van der Waals surface area contributed by atoms with E-state index in [2.05, 4.69) is 9.97 Å².